The lowest BCUT2D eigenvalue weighted by molar-refractivity contribution is 0.415. The van der Waals surface area contributed by atoms with Gasteiger partial charge < -0.3 is 4.74 Å². The number of aromatic nitrogens is 2. The molecule has 1 aromatic heterocycles. The third-order valence-electron chi connectivity index (χ3n) is 1.82. The Morgan fingerprint density at radius 1 is 1.38 bits per heavy atom. The van der Waals surface area contributed by atoms with Gasteiger partial charge in [-0.15, -0.1) is 5.10 Å². The Morgan fingerprint density at radius 3 is 3.00 bits per heavy atom. The maximum Gasteiger partial charge on any atom is 0.159 e. The first-order chi connectivity index (χ1) is 6.31. The molecular formula is C9H7ClN2O. The normalized spacial score (nSPS) is 10.3. The highest BCUT2D eigenvalue weighted by Crippen LogP contribution is 2.23. The predicted molar refractivity (Wildman–Crippen MR) is 51.1 cm³/mol. The molecule has 0 saturated heterocycles. The molecule has 2 aromatic rings. The maximum atomic E-state index is 5.84. The molecule has 4 heteroatoms. The molecule has 13 heavy (non-hydrogen) atoms. The molecule has 0 spiro atoms. The van der Waals surface area contributed by atoms with Crippen LogP contribution in [0, 0.1) is 0 Å². The van der Waals surface area contributed by atoms with E-state index >= 15 is 0 Å². The lowest BCUT2D eigenvalue weighted by atomic mass is 10.2. The molecule has 0 aliphatic heterocycles. The molecule has 0 unspecified atom stereocenters. The van der Waals surface area contributed by atoms with E-state index in [0.29, 0.717) is 5.15 Å². The molecule has 0 atom stereocenters. The van der Waals surface area contributed by atoms with Crippen LogP contribution in [0.5, 0.6) is 5.75 Å². The molecule has 1 heterocycles. The van der Waals surface area contributed by atoms with Crippen molar-refractivity contribution >= 4 is 22.4 Å². The summed E-state index contributed by atoms with van der Waals surface area (Å²) >= 11 is 5.84. The van der Waals surface area contributed by atoms with Gasteiger partial charge in [0.1, 0.15) is 5.75 Å². The average Bonchev–Trinajstić information content (AvgIpc) is 2.18. The number of benzene rings is 1. The molecule has 0 radical (unpaired) electrons. The highest BCUT2D eigenvalue weighted by atomic mass is 35.5. The number of rotatable bonds is 1. The Hall–Kier alpha value is -1.35. The molecule has 0 aliphatic carbocycles. The molecule has 2 rings (SSSR count). The topological polar surface area (TPSA) is 35.0 Å². The van der Waals surface area contributed by atoms with Crippen molar-refractivity contribution in [1.29, 1.82) is 0 Å². The van der Waals surface area contributed by atoms with Crippen LogP contribution < -0.4 is 4.74 Å². The van der Waals surface area contributed by atoms with Crippen LogP contribution in [-0.2, 0) is 0 Å². The minimum absolute atomic E-state index is 0.417. The van der Waals surface area contributed by atoms with Crippen LogP contribution in [0.3, 0.4) is 0 Å². The summed E-state index contributed by atoms with van der Waals surface area (Å²) in [5.41, 5.74) is 0. The maximum absolute atomic E-state index is 5.84. The Morgan fingerprint density at radius 2 is 2.23 bits per heavy atom. The first kappa shape index (κ1) is 8.26. The smallest absolute Gasteiger partial charge is 0.159 e. The van der Waals surface area contributed by atoms with Crippen molar-refractivity contribution in [2.45, 2.75) is 0 Å². The second-order valence-electron chi connectivity index (χ2n) is 2.59. The molecule has 0 aliphatic rings. The number of nitrogens with zero attached hydrogens (tertiary/aromatic N) is 2. The van der Waals surface area contributed by atoms with Gasteiger partial charge in [0.25, 0.3) is 0 Å². The highest BCUT2D eigenvalue weighted by Gasteiger charge is 2.01. The number of ether oxygens (including phenoxy) is 1. The summed E-state index contributed by atoms with van der Waals surface area (Å²) in [7, 11) is 1.62. The molecule has 0 fully saturated rings. The van der Waals surface area contributed by atoms with Crippen LogP contribution in [0.4, 0.5) is 0 Å². The molecule has 0 amide bonds. The van der Waals surface area contributed by atoms with Crippen LogP contribution in [0.15, 0.2) is 24.4 Å². The van der Waals surface area contributed by atoms with E-state index < -0.39 is 0 Å². The summed E-state index contributed by atoms with van der Waals surface area (Å²) in [6, 6.07) is 5.58. The van der Waals surface area contributed by atoms with E-state index in [9.17, 15) is 0 Å². The molecule has 66 valence electrons. The van der Waals surface area contributed by atoms with Crippen LogP contribution in [0.1, 0.15) is 0 Å². The van der Waals surface area contributed by atoms with Gasteiger partial charge in [-0.25, -0.2) is 0 Å². The zero-order valence-corrected chi connectivity index (χ0v) is 7.75. The molecule has 0 saturated carbocycles. The van der Waals surface area contributed by atoms with Crippen LogP contribution >= 0.6 is 11.6 Å². The lowest BCUT2D eigenvalue weighted by Gasteiger charge is -2.01. The SMILES string of the molecule is COc1ccc2c(Cl)nncc2c1. The number of methoxy groups -OCH3 is 1. The summed E-state index contributed by atoms with van der Waals surface area (Å²) in [4.78, 5) is 0. The van der Waals surface area contributed by atoms with E-state index in [4.69, 9.17) is 16.3 Å². The Bertz CT molecular complexity index is 445. The lowest BCUT2D eigenvalue weighted by Crippen LogP contribution is -1.86. The zero-order valence-electron chi connectivity index (χ0n) is 6.99. The first-order valence-electron chi connectivity index (χ1n) is 3.76. The summed E-state index contributed by atoms with van der Waals surface area (Å²) in [6.07, 6.45) is 1.66. The van der Waals surface area contributed by atoms with Crippen LogP contribution in [-0.4, -0.2) is 17.3 Å². The van der Waals surface area contributed by atoms with Gasteiger partial charge in [0.15, 0.2) is 5.15 Å². The van der Waals surface area contributed by atoms with E-state index in [2.05, 4.69) is 10.2 Å². The summed E-state index contributed by atoms with van der Waals surface area (Å²) in [6.45, 7) is 0. The Balaban J connectivity index is 2.72. The molecular weight excluding hydrogens is 188 g/mol. The number of halogens is 1. The molecule has 0 N–H and O–H groups in total. The minimum Gasteiger partial charge on any atom is -0.497 e. The molecule has 3 nitrogen and oxygen atoms in total. The van der Waals surface area contributed by atoms with Gasteiger partial charge in [0.05, 0.1) is 13.3 Å². The third-order valence-corrected chi connectivity index (χ3v) is 2.10. The van der Waals surface area contributed by atoms with Crippen molar-refractivity contribution in [2.24, 2.45) is 0 Å². The number of hydrogen-bond acceptors (Lipinski definition) is 3. The van der Waals surface area contributed by atoms with E-state index in [1.807, 2.05) is 18.2 Å². The van der Waals surface area contributed by atoms with Gasteiger partial charge in [0, 0.05) is 10.8 Å². The predicted octanol–water partition coefficient (Wildman–Crippen LogP) is 2.29. The van der Waals surface area contributed by atoms with Crippen molar-refractivity contribution in [1.82, 2.24) is 10.2 Å². The average molecular weight is 195 g/mol. The van der Waals surface area contributed by atoms with E-state index in [0.717, 1.165) is 16.5 Å². The Labute approximate surface area is 80.3 Å². The van der Waals surface area contributed by atoms with Crippen molar-refractivity contribution in [3.05, 3.63) is 29.5 Å². The first-order valence-corrected chi connectivity index (χ1v) is 4.14. The fraction of sp³-hybridized carbons (Fsp3) is 0.111. The van der Waals surface area contributed by atoms with E-state index in [1.165, 1.54) is 0 Å². The monoisotopic (exact) mass is 194 g/mol. The van der Waals surface area contributed by atoms with Gasteiger partial charge in [-0.1, -0.05) is 11.6 Å². The summed E-state index contributed by atoms with van der Waals surface area (Å²) in [5.74, 6) is 0.788. The van der Waals surface area contributed by atoms with E-state index in [-0.39, 0.29) is 0 Å². The van der Waals surface area contributed by atoms with Gasteiger partial charge >= 0.3 is 0 Å². The van der Waals surface area contributed by atoms with Gasteiger partial charge in [-0.05, 0) is 18.2 Å². The van der Waals surface area contributed by atoms with Crippen LogP contribution in [0.25, 0.3) is 10.8 Å². The standard InChI is InChI=1S/C9H7ClN2O/c1-13-7-2-3-8-6(4-7)5-11-12-9(8)10/h2-5H,1H3. The van der Waals surface area contributed by atoms with Gasteiger partial charge in [0.2, 0.25) is 0 Å². The van der Waals surface area contributed by atoms with Crippen molar-refractivity contribution in [3.63, 3.8) is 0 Å². The third kappa shape index (κ3) is 1.42. The zero-order chi connectivity index (χ0) is 9.26. The van der Waals surface area contributed by atoms with E-state index in [1.54, 1.807) is 13.3 Å². The number of fused-ring (bicyclic) bond motifs is 1. The van der Waals surface area contributed by atoms with Gasteiger partial charge in [-0.2, -0.15) is 5.10 Å². The quantitative estimate of drug-likeness (QED) is 0.699. The Kier molecular flexibility index (Phi) is 2.02. The largest absolute Gasteiger partial charge is 0.497 e. The number of hydrogen-bond donors (Lipinski definition) is 0. The van der Waals surface area contributed by atoms with Crippen LogP contribution in [0.2, 0.25) is 5.15 Å². The second-order valence-corrected chi connectivity index (χ2v) is 2.95. The molecule has 0 bridgehead atoms. The summed E-state index contributed by atoms with van der Waals surface area (Å²) < 4.78 is 5.07. The summed E-state index contributed by atoms with van der Waals surface area (Å²) in [5, 5.41) is 9.72. The van der Waals surface area contributed by atoms with Crippen molar-refractivity contribution < 1.29 is 4.74 Å². The molecule has 1 aromatic carbocycles. The fourth-order valence-corrected chi connectivity index (χ4v) is 1.37. The second kappa shape index (κ2) is 3.18. The van der Waals surface area contributed by atoms with Gasteiger partial charge in [-0.3, -0.25) is 0 Å². The fourth-order valence-electron chi connectivity index (χ4n) is 1.16. The van der Waals surface area contributed by atoms with Crippen molar-refractivity contribution in [3.8, 4) is 5.75 Å². The highest BCUT2D eigenvalue weighted by molar-refractivity contribution is 6.34. The van der Waals surface area contributed by atoms with Crippen molar-refractivity contribution in [2.75, 3.05) is 7.11 Å². The minimum atomic E-state index is 0.417.